The molecule has 0 aliphatic carbocycles. The second-order valence-electron chi connectivity index (χ2n) is 7.73. The maximum atomic E-state index is 12.5. The fourth-order valence-electron chi connectivity index (χ4n) is 4.21. The second-order valence-corrected chi connectivity index (χ2v) is 9.26. The highest BCUT2D eigenvalue weighted by Crippen LogP contribution is 2.39. The number of rotatable bonds is 7. The van der Waals surface area contributed by atoms with Crippen molar-refractivity contribution in [2.45, 2.75) is 56.3 Å². The summed E-state index contributed by atoms with van der Waals surface area (Å²) in [6, 6.07) is 3.92. The topological polar surface area (TPSA) is 130 Å². The summed E-state index contributed by atoms with van der Waals surface area (Å²) in [5.41, 5.74) is -0.949. The Morgan fingerprint density at radius 2 is 1.83 bits per heavy atom. The van der Waals surface area contributed by atoms with E-state index in [9.17, 15) is 23.1 Å². The molecule has 0 aromatic heterocycles. The van der Waals surface area contributed by atoms with Gasteiger partial charge in [-0.2, -0.15) is 0 Å². The van der Waals surface area contributed by atoms with Gasteiger partial charge in [0.1, 0.15) is 16.3 Å². The van der Waals surface area contributed by atoms with E-state index in [0.29, 0.717) is 6.42 Å². The molecule has 10 heteroatoms. The number of benzene rings is 1. The molecule has 0 bridgehead atoms. The van der Waals surface area contributed by atoms with Crippen LogP contribution in [0, 0.1) is 0 Å². The Balaban J connectivity index is 2.01. The summed E-state index contributed by atoms with van der Waals surface area (Å²) in [6.07, 6.45) is 2.59. The predicted molar refractivity (Wildman–Crippen MR) is 115 cm³/mol. The normalized spacial score (nSPS) is 20.4. The number of sulfonamides is 1. The van der Waals surface area contributed by atoms with Crippen molar-refractivity contribution < 1.29 is 18.3 Å². The van der Waals surface area contributed by atoms with Gasteiger partial charge in [0, 0.05) is 14.1 Å². The van der Waals surface area contributed by atoms with Gasteiger partial charge in [0.15, 0.2) is 5.75 Å². The number of likely N-dealkylation sites (N-methyl/N-ethyl adjacent to an activating group) is 1. The average Bonchev–Trinajstić information content (AvgIpc) is 3.10. The van der Waals surface area contributed by atoms with E-state index >= 15 is 0 Å². The molecule has 164 valence electrons. The lowest BCUT2D eigenvalue weighted by Gasteiger charge is -2.36. The van der Waals surface area contributed by atoms with Crippen LogP contribution in [0.5, 0.6) is 5.75 Å². The minimum Gasteiger partial charge on any atom is -0.504 e. The quantitative estimate of drug-likeness (QED) is 0.618. The van der Waals surface area contributed by atoms with Gasteiger partial charge in [-0.1, -0.05) is 13.0 Å². The lowest BCUT2D eigenvalue weighted by Crippen LogP contribution is -2.49. The first-order valence-electron chi connectivity index (χ1n) is 9.79. The van der Waals surface area contributed by atoms with Crippen LogP contribution in [0.3, 0.4) is 0 Å². The van der Waals surface area contributed by atoms with Crippen molar-refractivity contribution in [3.8, 4) is 5.75 Å². The maximum Gasteiger partial charge on any atom is 0.253 e. The first kappa shape index (κ1) is 22.3. The Morgan fingerprint density at radius 1 is 1.20 bits per heavy atom. The molecular weight excluding hydrogens is 410 g/mol. The Kier molecular flexibility index (Phi) is 5.94. The van der Waals surface area contributed by atoms with E-state index in [4.69, 9.17) is 9.88 Å². The van der Waals surface area contributed by atoms with Crippen molar-refractivity contribution in [1.82, 2.24) is 0 Å². The smallest absolute Gasteiger partial charge is 0.253 e. The largest absolute Gasteiger partial charge is 0.504 e. The summed E-state index contributed by atoms with van der Waals surface area (Å²) in [5, 5.41) is 15.6. The Bertz CT molecular complexity index is 1120. The predicted octanol–water partition coefficient (Wildman–Crippen LogP) is 1.19. The number of nitrogens with two attached hydrogens (primary N) is 1. The van der Waals surface area contributed by atoms with Gasteiger partial charge in [-0.05, 0) is 38.3 Å². The maximum absolute atomic E-state index is 12.5. The molecule has 9 nitrogen and oxygen atoms in total. The van der Waals surface area contributed by atoms with Crippen molar-refractivity contribution in [3.63, 3.8) is 0 Å². The van der Waals surface area contributed by atoms with Gasteiger partial charge in [0.05, 0.1) is 23.9 Å². The van der Waals surface area contributed by atoms with Crippen molar-refractivity contribution in [2.75, 3.05) is 23.9 Å². The number of nitrogens with zero attached hydrogens (tertiary/aromatic N) is 2. The molecule has 2 aromatic carbocycles. The van der Waals surface area contributed by atoms with Gasteiger partial charge in [-0.15, -0.1) is 0 Å². The molecule has 1 aliphatic heterocycles. The summed E-state index contributed by atoms with van der Waals surface area (Å²) in [4.78, 5) is 27.5. The molecule has 2 aromatic rings. The monoisotopic (exact) mass is 437 g/mol. The van der Waals surface area contributed by atoms with Gasteiger partial charge in [0.25, 0.3) is 10.9 Å². The van der Waals surface area contributed by atoms with Gasteiger partial charge >= 0.3 is 0 Å². The van der Waals surface area contributed by atoms with Crippen LogP contribution in [0.4, 0.5) is 17.1 Å². The number of hydrogen-bond donors (Lipinski definition) is 2. The Morgan fingerprint density at radius 3 is 2.37 bits per heavy atom. The second kappa shape index (κ2) is 8.01. The van der Waals surface area contributed by atoms with Crippen molar-refractivity contribution in [3.05, 3.63) is 38.6 Å². The minimum atomic E-state index is -4.16. The molecule has 0 amide bonds. The third-order valence-corrected chi connectivity index (χ3v) is 6.75. The lowest BCUT2D eigenvalue weighted by atomic mass is 10.0. The van der Waals surface area contributed by atoms with Crippen LogP contribution in [0.2, 0.25) is 0 Å². The summed E-state index contributed by atoms with van der Waals surface area (Å²) in [5.74, 6) is -0.579. The minimum absolute atomic E-state index is 0.0575. The average molecular weight is 438 g/mol. The number of primary sulfonamides is 1. The van der Waals surface area contributed by atoms with E-state index < -0.39 is 31.5 Å². The third-order valence-electron chi connectivity index (χ3n) is 5.80. The molecule has 1 unspecified atom stereocenters. The van der Waals surface area contributed by atoms with Crippen LogP contribution in [0.25, 0.3) is 0 Å². The lowest BCUT2D eigenvalue weighted by molar-refractivity contribution is 0.0386. The van der Waals surface area contributed by atoms with Crippen LogP contribution in [-0.4, -0.2) is 45.9 Å². The first-order chi connectivity index (χ1) is 14.0. The molecule has 1 saturated heterocycles. The molecule has 1 fully saturated rings. The number of hydrogen-bond acceptors (Lipinski definition) is 8. The highest BCUT2D eigenvalue weighted by Gasteiger charge is 2.36. The SMILES string of the molecule is CCC([C@H]1CC[C@@H](C)O1)N(C)c1c(N(C)c2cccc(S(N)(=O)=O)c2O)c(=O)c1=O. The summed E-state index contributed by atoms with van der Waals surface area (Å²) < 4.78 is 29.4. The van der Waals surface area contributed by atoms with Crippen LogP contribution in [0.1, 0.15) is 33.1 Å². The molecule has 0 saturated carbocycles. The van der Waals surface area contributed by atoms with Crippen LogP contribution >= 0.6 is 0 Å². The number of ether oxygens (including phenoxy) is 1. The fraction of sp³-hybridized carbons (Fsp3) is 0.500. The van der Waals surface area contributed by atoms with Gasteiger partial charge < -0.3 is 19.6 Å². The van der Waals surface area contributed by atoms with E-state index in [-0.39, 0.29) is 35.3 Å². The number of phenols is 1. The zero-order valence-corrected chi connectivity index (χ0v) is 18.3. The van der Waals surface area contributed by atoms with E-state index in [1.807, 2.05) is 13.8 Å². The van der Waals surface area contributed by atoms with Gasteiger partial charge in [0.2, 0.25) is 10.0 Å². The van der Waals surface area contributed by atoms with Crippen LogP contribution in [-0.2, 0) is 14.8 Å². The molecule has 0 radical (unpaired) electrons. The summed E-state index contributed by atoms with van der Waals surface area (Å²) in [6.45, 7) is 3.99. The Hall–Kier alpha value is -2.43. The standard InChI is InChI=1S/C20H27N3O6S/c1-5-12(14-10-9-11(2)29-14)22(3)16-17(20(26)19(16)25)23(4)13-7-6-8-15(18(13)24)30(21,27)28/h6-8,11-12,14,24H,5,9-10H2,1-4H3,(H2,21,27,28)/t11-,12?,14-/m1/s1. The molecule has 1 aliphatic rings. The van der Waals surface area contributed by atoms with Crippen molar-refractivity contribution >= 4 is 27.1 Å². The van der Waals surface area contributed by atoms with E-state index in [2.05, 4.69) is 0 Å². The van der Waals surface area contributed by atoms with E-state index in [0.717, 1.165) is 12.8 Å². The van der Waals surface area contributed by atoms with Gasteiger partial charge in [-0.25, -0.2) is 13.6 Å². The molecule has 0 spiro atoms. The molecule has 3 N–H and O–H groups in total. The molecule has 1 heterocycles. The Labute approximate surface area is 175 Å². The number of phenolic OH excluding ortho intramolecular Hbond substituents is 1. The summed E-state index contributed by atoms with van der Waals surface area (Å²) >= 11 is 0. The van der Waals surface area contributed by atoms with Crippen LogP contribution in [0.15, 0.2) is 32.7 Å². The highest BCUT2D eigenvalue weighted by atomic mass is 32.2. The van der Waals surface area contributed by atoms with Crippen molar-refractivity contribution in [1.29, 1.82) is 0 Å². The summed E-state index contributed by atoms with van der Waals surface area (Å²) in [7, 11) is -0.928. The molecule has 30 heavy (non-hydrogen) atoms. The van der Waals surface area contributed by atoms with E-state index in [1.165, 1.54) is 30.1 Å². The fourth-order valence-corrected chi connectivity index (χ4v) is 4.85. The zero-order valence-electron chi connectivity index (χ0n) is 17.5. The van der Waals surface area contributed by atoms with Crippen LogP contribution < -0.4 is 25.8 Å². The third kappa shape index (κ3) is 3.70. The number of aromatic hydroxyl groups is 1. The van der Waals surface area contributed by atoms with E-state index in [1.54, 1.807) is 11.9 Å². The molecular formula is C20H27N3O6S. The van der Waals surface area contributed by atoms with Gasteiger partial charge in [-0.3, -0.25) is 9.59 Å². The van der Waals surface area contributed by atoms with Crippen molar-refractivity contribution in [2.24, 2.45) is 5.14 Å². The highest BCUT2D eigenvalue weighted by molar-refractivity contribution is 7.89. The molecule has 3 rings (SSSR count). The number of anilines is 3. The number of para-hydroxylation sites is 1. The first-order valence-corrected chi connectivity index (χ1v) is 11.3. The zero-order chi connectivity index (χ0) is 22.4. The molecule has 3 atom stereocenters.